The first kappa shape index (κ1) is 19.0. The number of fused-ring (bicyclic) bond motifs is 1. The fourth-order valence-electron chi connectivity index (χ4n) is 3.21. The predicted molar refractivity (Wildman–Crippen MR) is 114 cm³/mol. The number of carbonyl (C=O) groups is 1. The van der Waals surface area contributed by atoms with Gasteiger partial charge in [0.2, 0.25) is 0 Å². The minimum absolute atomic E-state index is 0.138. The summed E-state index contributed by atoms with van der Waals surface area (Å²) in [7, 11) is 1.65. The molecule has 0 spiro atoms. The maximum atomic E-state index is 12.6. The molecule has 0 aliphatic rings. The molecule has 1 amide bonds. The Balaban J connectivity index is 1.53. The van der Waals surface area contributed by atoms with Crippen LogP contribution < -0.4 is 10.1 Å². The van der Waals surface area contributed by atoms with Crippen molar-refractivity contribution in [2.24, 2.45) is 0 Å². The number of benzene rings is 3. The van der Waals surface area contributed by atoms with E-state index < -0.39 is 0 Å². The molecule has 0 atom stereocenters. The molecule has 0 unspecified atom stereocenters. The molecule has 0 fully saturated rings. The van der Waals surface area contributed by atoms with E-state index in [-0.39, 0.29) is 5.91 Å². The number of hydrogen-bond acceptors (Lipinski definition) is 3. The Morgan fingerprint density at radius 3 is 2.72 bits per heavy atom. The summed E-state index contributed by atoms with van der Waals surface area (Å²) in [6.45, 7) is 1.01. The lowest BCUT2D eigenvalue weighted by Crippen LogP contribution is -2.22. The van der Waals surface area contributed by atoms with Crippen LogP contribution in [0, 0.1) is 0 Å². The molecule has 6 heteroatoms. The number of hydrogen-bond donors (Lipinski definition) is 1. The summed E-state index contributed by atoms with van der Waals surface area (Å²) in [5.41, 5.74) is 3.52. The largest absolute Gasteiger partial charge is 0.497 e. The van der Waals surface area contributed by atoms with Crippen molar-refractivity contribution in [3.8, 4) is 5.75 Å². The molecule has 1 heterocycles. The van der Waals surface area contributed by atoms with Crippen LogP contribution in [0.25, 0.3) is 10.9 Å². The molecule has 29 heavy (non-hydrogen) atoms. The van der Waals surface area contributed by atoms with E-state index >= 15 is 0 Å². The van der Waals surface area contributed by atoms with Crippen molar-refractivity contribution in [3.63, 3.8) is 0 Å². The van der Waals surface area contributed by atoms with Crippen LogP contribution in [0.15, 0.2) is 72.9 Å². The number of carbonyl (C=O) groups excluding carboxylic acids is 1. The van der Waals surface area contributed by atoms with Gasteiger partial charge in [-0.15, -0.1) is 0 Å². The molecule has 1 aromatic heterocycles. The van der Waals surface area contributed by atoms with Crippen LogP contribution in [0.4, 0.5) is 0 Å². The topological polar surface area (TPSA) is 56.2 Å². The van der Waals surface area contributed by atoms with Gasteiger partial charge in [0.15, 0.2) is 0 Å². The van der Waals surface area contributed by atoms with Gasteiger partial charge < -0.3 is 10.1 Å². The summed E-state index contributed by atoms with van der Waals surface area (Å²) in [6.07, 6.45) is 1.81. The highest BCUT2D eigenvalue weighted by molar-refractivity contribution is 6.30. The molecular weight excluding hydrogens is 386 g/mol. The highest BCUT2D eigenvalue weighted by Gasteiger charge is 2.10. The second-order valence-corrected chi connectivity index (χ2v) is 7.18. The van der Waals surface area contributed by atoms with Crippen LogP contribution in [0.5, 0.6) is 5.75 Å². The van der Waals surface area contributed by atoms with Gasteiger partial charge in [-0.2, -0.15) is 5.10 Å². The standard InChI is InChI=1S/C23H20ClN3O2/c1-29-21-7-3-5-17(11-21)15-27-22-12-18(8-9-19(22)14-26-27)23(28)25-13-16-4-2-6-20(24)10-16/h2-12,14H,13,15H2,1H3,(H,25,28). The molecule has 3 aromatic carbocycles. The lowest BCUT2D eigenvalue weighted by atomic mass is 10.1. The number of ether oxygens (including phenoxy) is 1. The molecule has 0 saturated carbocycles. The third-order valence-corrected chi connectivity index (χ3v) is 4.95. The lowest BCUT2D eigenvalue weighted by Gasteiger charge is -2.08. The summed E-state index contributed by atoms with van der Waals surface area (Å²) in [4.78, 5) is 12.6. The van der Waals surface area contributed by atoms with Crippen molar-refractivity contribution in [1.82, 2.24) is 15.1 Å². The number of halogens is 1. The Bertz CT molecular complexity index is 1170. The van der Waals surface area contributed by atoms with E-state index in [0.717, 1.165) is 27.8 Å². The number of aromatic nitrogens is 2. The smallest absolute Gasteiger partial charge is 0.251 e. The van der Waals surface area contributed by atoms with Crippen molar-refractivity contribution in [1.29, 1.82) is 0 Å². The molecule has 0 radical (unpaired) electrons. The first-order valence-corrected chi connectivity index (χ1v) is 9.61. The number of rotatable bonds is 6. The lowest BCUT2D eigenvalue weighted by molar-refractivity contribution is 0.0951. The molecule has 0 aliphatic heterocycles. The fraction of sp³-hybridized carbons (Fsp3) is 0.130. The van der Waals surface area contributed by atoms with Gasteiger partial charge >= 0.3 is 0 Å². The van der Waals surface area contributed by atoms with Gasteiger partial charge in [-0.25, -0.2) is 0 Å². The maximum absolute atomic E-state index is 12.6. The molecule has 0 bridgehead atoms. The second kappa shape index (κ2) is 8.37. The van der Waals surface area contributed by atoms with Gasteiger partial charge in [-0.1, -0.05) is 41.9 Å². The van der Waals surface area contributed by atoms with E-state index in [4.69, 9.17) is 16.3 Å². The Morgan fingerprint density at radius 1 is 1.07 bits per heavy atom. The van der Waals surface area contributed by atoms with Crippen LogP contribution in [-0.2, 0) is 13.1 Å². The average molecular weight is 406 g/mol. The van der Waals surface area contributed by atoms with Crippen molar-refractivity contribution in [2.45, 2.75) is 13.1 Å². The van der Waals surface area contributed by atoms with Crippen molar-refractivity contribution in [3.05, 3.63) is 94.6 Å². The molecule has 146 valence electrons. The first-order valence-electron chi connectivity index (χ1n) is 9.23. The Kier molecular flexibility index (Phi) is 5.49. The zero-order valence-electron chi connectivity index (χ0n) is 15.9. The minimum Gasteiger partial charge on any atom is -0.497 e. The summed E-state index contributed by atoms with van der Waals surface area (Å²) < 4.78 is 7.18. The Hall–Kier alpha value is -3.31. The van der Waals surface area contributed by atoms with E-state index in [1.54, 1.807) is 7.11 Å². The number of methoxy groups -OCH3 is 1. The van der Waals surface area contributed by atoms with Crippen LogP contribution in [0.1, 0.15) is 21.5 Å². The highest BCUT2D eigenvalue weighted by atomic mass is 35.5. The van der Waals surface area contributed by atoms with Crippen LogP contribution in [0.2, 0.25) is 5.02 Å². The van der Waals surface area contributed by atoms with Crippen molar-refractivity contribution in [2.75, 3.05) is 7.11 Å². The van der Waals surface area contributed by atoms with Crippen LogP contribution in [0.3, 0.4) is 0 Å². The van der Waals surface area contributed by atoms with Gasteiger partial charge in [-0.3, -0.25) is 9.48 Å². The number of nitrogens with zero attached hydrogens (tertiary/aromatic N) is 2. The highest BCUT2D eigenvalue weighted by Crippen LogP contribution is 2.19. The third-order valence-electron chi connectivity index (χ3n) is 4.72. The van der Waals surface area contributed by atoms with E-state index in [1.807, 2.05) is 77.6 Å². The zero-order valence-corrected chi connectivity index (χ0v) is 16.7. The van der Waals surface area contributed by atoms with Crippen LogP contribution in [-0.4, -0.2) is 22.8 Å². The second-order valence-electron chi connectivity index (χ2n) is 6.74. The quantitative estimate of drug-likeness (QED) is 0.507. The van der Waals surface area contributed by atoms with Crippen LogP contribution >= 0.6 is 11.6 Å². The zero-order chi connectivity index (χ0) is 20.2. The summed E-state index contributed by atoms with van der Waals surface area (Å²) >= 11 is 6.00. The first-order chi connectivity index (χ1) is 14.1. The summed E-state index contributed by atoms with van der Waals surface area (Å²) in [5, 5.41) is 9.06. The van der Waals surface area contributed by atoms with Crippen molar-refractivity contribution < 1.29 is 9.53 Å². The van der Waals surface area contributed by atoms with Gasteiger partial charge in [0.1, 0.15) is 5.75 Å². The van der Waals surface area contributed by atoms with E-state index in [9.17, 15) is 4.79 Å². The Morgan fingerprint density at radius 2 is 1.90 bits per heavy atom. The van der Waals surface area contributed by atoms with Gasteiger partial charge in [0.25, 0.3) is 5.91 Å². The number of amides is 1. The predicted octanol–water partition coefficient (Wildman–Crippen LogP) is 4.68. The minimum atomic E-state index is -0.138. The van der Waals surface area contributed by atoms with Crippen molar-refractivity contribution >= 4 is 28.4 Å². The molecule has 1 N–H and O–H groups in total. The van der Waals surface area contributed by atoms with E-state index in [0.29, 0.717) is 23.7 Å². The molecule has 0 aliphatic carbocycles. The molecule has 0 saturated heterocycles. The SMILES string of the molecule is COc1cccc(Cn2ncc3ccc(C(=O)NCc4cccc(Cl)c4)cc32)c1. The Labute approximate surface area is 173 Å². The maximum Gasteiger partial charge on any atom is 0.251 e. The molecule has 4 rings (SSSR count). The van der Waals surface area contributed by atoms with Gasteiger partial charge in [0.05, 0.1) is 25.4 Å². The fourth-order valence-corrected chi connectivity index (χ4v) is 3.43. The normalized spacial score (nSPS) is 10.8. The summed E-state index contributed by atoms with van der Waals surface area (Å²) in [5.74, 6) is 0.668. The van der Waals surface area contributed by atoms with E-state index in [2.05, 4.69) is 10.4 Å². The average Bonchev–Trinajstić information content (AvgIpc) is 3.14. The third kappa shape index (κ3) is 4.41. The van der Waals surface area contributed by atoms with E-state index in [1.165, 1.54) is 0 Å². The van der Waals surface area contributed by atoms with Gasteiger partial charge in [0, 0.05) is 22.5 Å². The molecule has 5 nitrogen and oxygen atoms in total. The summed E-state index contributed by atoms with van der Waals surface area (Å²) in [6, 6.07) is 20.9. The number of nitrogens with one attached hydrogen (secondary N) is 1. The molecule has 4 aromatic rings. The molecular formula is C23H20ClN3O2. The monoisotopic (exact) mass is 405 g/mol. The van der Waals surface area contributed by atoms with Gasteiger partial charge in [-0.05, 0) is 47.5 Å².